The van der Waals surface area contributed by atoms with Gasteiger partial charge in [-0.25, -0.2) is 4.98 Å². The van der Waals surface area contributed by atoms with E-state index in [-0.39, 0.29) is 12.1 Å². The number of fused-ring (bicyclic) bond motifs is 1. The van der Waals surface area contributed by atoms with Crippen molar-refractivity contribution in [1.29, 1.82) is 0 Å². The quantitative estimate of drug-likeness (QED) is 0.803. The number of rotatable bonds is 3. The molecule has 0 unspecified atom stereocenters. The van der Waals surface area contributed by atoms with Gasteiger partial charge in [-0.1, -0.05) is 38.1 Å². The summed E-state index contributed by atoms with van der Waals surface area (Å²) in [5.74, 6) is 1.36. The molecule has 0 bridgehead atoms. The molecule has 5 nitrogen and oxygen atoms in total. The van der Waals surface area contributed by atoms with Crippen LogP contribution in [0, 0.1) is 0 Å². The Morgan fingerprint density at radius 1 is 1.24 bits per heavy atom. The molecule has 1 aliphatic carbocycles. The van der Waals surface area contributed by atoms with E-state index in [1.807, 2.05) is 18.2 Å². The summed E-state index contributed by atoms with van der Waals surface area (Å²) in [6.45, 7) is 4.17. The first-order chi connectivity index (χ1) is 10.0. The van der Waals surface area contributed by atoms with Crippen LogP contribution in [-0.2, 0) is 6.42 Å². The maximum Gasteiger partial charge on any atom is 0.222 e. The summed E-state index contributed by atoms with van der Waals surface area (Å²) >= 11 is 0. The van der Waals surface area contributed by atoms with Crippen LogP contribution >= 0.6 is 0 Å². The topological polar surface area (TPSA) is 89.8 Å². The van der Waals surface area contributed by atoms with E-state index in [0.29, 0.717) is 11.9 Å². The van der Waals surface area contributed by atoms with E-state index in [0.717, 1.165) is 17.9 Å². The molecule has 1 aromatic carbocycles. The Labute approximate surface area is 124 Å². The lowest BCUT2D eigenvalue weighted by Crippen LogP contribution is -2.30. The lowest BCUT2D eigenvalue weighted by atomic mass is 10.1. The zero-order chi connectivity index (χ0) is 15.0. The van der Waals surface area contributed by atoms with Gasteiger partial charge in [0.1, 0.15) is 5.82 Å². The highest BCUT2D eigenvalue weighted by Gasteiger charge is 2.29. The third-order valence-corrected chi connectivity index (χ3v) is 3.98. The molecule has 1 aliphatic rings. The number of hydrogen-bond donors (Lipinski definition) is 3. The Balaban J connectivity index is 1.82. The number of nitrogens with one attached hydrogen (secondary N) is 1. The molecule has 0 fully saturated rings. The Kier molecular flexibility index (Phi) is 3.51. The molecule has 21 heavy (non-hydrogen) atoms. The van der Waals surface area contributed by atoms with Crippen molar-refractivity contribution in [2.75, 3.05) is 11.1 Å². The van der Waals surface area contributed by atoms with Crippen LogP contribution in [0.5, 0.6) is 0 Å². The van der Waals surface area contributed by atoms with E-state index in [1.54, 1.807) is 0 Å². The van der Waals surface area contributed by atoms with Crippen LogP contribution < -0.4 is 16.8 Å². The van der Waals surface area contributed by atoms with Crippen LogP contribution in [0.1, 0.15) is 42.6 Å². The predicted octanol–water partition coefficient (Wildman–Crippen LogP) is 2.22. The van der Waals surface area contributed by atoms with Gasteiger partial charge in [0, 0.05) is 6.07 Å². The van der Waals surface area contributed by atoms with Crippen LogP contribution in [0.25, 0.3) is 0 Å². The highest BCUT2D eigenvalue weighted by molar-refractivity contribution is 5.46. The number of benzene rings is 1. The number of hydrogen-bond acceptors (Lipinski definition) is 5. The molecule has 5 heteroatoms. The highest BCUT2D eigenvalue weighted by Crippen LogP contribution is 2.31. The largest absolute Gasteiger partial charge is 0.368 e. The number of aromatic nitrogens is 2. The molecule has 2 aromatic rings. The van der Waals surface area contributed by atoms with Crippen LogP contribution in [0.2, 0.25) is 0 Å². The Bertz CT molecular complexity index is 653. The van der Waals surface area contributed by atoms with Crippen molar-refractivity contribution in [2.24, 2.45) is 5.73 Å². The maximum atomic E-state index is 6.34. The minimum Gasteiger partial charge on any atom is -0.368 e. The first-order valence-corrected chi connectivity index (χ1v) is 7.29. The molecule has 3 rings (SSSR count). The average Bonchev–Trinajstić information content (AvgIpc) is 2.75. The Morgan fingerprint density at radius 2 is 2.00 bits per heavy atom. The number of anilines is 2. The van der Waals surface area contributed by atoms with Gasteiger partial charge in [-0.05, 0) is 23.5 Å². The van der Waals surface area contributed by atoms with Gasteiger partial charge >= 0.3 is 0 Å². The summed E-state index contributed by atoms with van der Waals surface area (Å²) < 4.78 is 0. The first kappa shape index (κ1) is 13.8. The van der Waals surface area contributed by atoms with Gasteiger partial charge in [-0.3, -0.25) is 0 Å². The molecule has 0 amide bonds. The van der Waals surface area contributed by atoms with Crippen molar-refractivity contribution in [3.8, 4) is 0 Å². The van der Waals surface area contributed by atoms with Crippen molar-refractivity contribution in [2.45, 2.75) is 38.3 Å². The summed E-state index contributed by atoms with van der Waals surface area (Å²) in [5.41, 5.74) is 15.6. The molecular weight excluding hydrogens is 262 g/mol. The number of nitrogens with two attached hydrogens (primary N) is 2. The number of nitrogens with zero attached hydrogens (tertiary/aromatic N) is 2. The molecule has 0 saturated heterocycles. The normalized spacial score (nSPS) is 20.6. The molecule has 2 atom stereocenters. The summed E-state index contributed by atoms with van der Waals surface area (Å²) in [7, 11) is 0. The summed E-state index contributed by atoms with van der Waals surface area (Å²) in [6.07, 6.45) is 0.901. The van der Waals surface area contributed by atoms with Gasteiger partial charge in [0.2, 0.25) is 5.95 Å². The number of nitrogen functional groups attached to an aromatic ring is 1. The third kappa shape index (κ3) is 2.69. The fraction of sp³-hybridized carbons (Fsp3) is 0.375. The van der Waals surface area contributed by atoms with Crippen molar-refractivity contribution in [1.82, 2.24) is 9.97 Å². The molecule has 110 valence electrons. The molecule has 1 heterocycles. The zero-order valence-corrected chi connectivity index (χ0v) is 12.4. The van der Waals surface area contributed by atoms with E-state index in [2.05, 4.69) is 41.3 Å². The molecule has 5 N–H and O–H groups in total. The fourth-order valence-corrected chi connectivity index (χ4v) is 2.81. The summed E-state index contributed by atoms with van der Waals surface area (Å²) in [6, 6.07) is 10.4. The van der Waals surface area contributed by atoms with Crippen LogP contribution in [0.15, 0.2) is 30.3 Å². The first-order valence-electron chi connectivity index (χ1n) is 7.29. The molecule has 0 radical (unpaired) electrons. The van der Waals surface area contributed by atoms with Crippen LogP contribution in [-0.4, -0.2) is 16.0 Å². The van der Waals surface area contributed by atoms with Gasteiger partial charge in [0.15, 0.2) is 0 Å². The van der Waals surface area contributed by atoms with Crippen molar-refractivity contribution in [3.05, 3.63) is 47.2 Å². The molecule has 0 spiro atoms. The van der Waals surface area contributed by atoms with E-state index in [1.165, 1.54) is 11.1 Å². The molecule has 1 aromatic heterocycles. The lowest BCUT2D eigenvalue weighted by Gasteiger charge is -2.19. The maximum absolute atomic E-state index is 6.34. The van der Waals surface area contributed by atoms with Crippen LogP contribution in [0.3, 0.4) is 0 Å². The van der Waals surface area contributed by atoms with Crippen molar-refractivity contribution >= 4 is 11.8 Å². The Hall–Kier alpha value is -2.14. The van der Waals surface area contributed by atoms with Crippen molar-refractivity contribution < 1.29 is 0 Å². The highest BCUT2D eigenvalue weighted by atomic mass is 15.1. The predicted molar refractivity (Wildman–Crippen MR) is 85.0 cm³/mol. The molecule has 0 saturated carbocycles. The second-order valence-corrected chi connectivity index (χ2v) is 5.87. The van der Waals surface area contributed by atoms with Crippen LogP contribution in [0.4, 0.5) is 11.8 Å². The molecule has 0 aliphatic heterocycles. The summed E-state index contributed by atoms with van der Waals surface area (Å²) in [5, 5.41) is 3.42. The standard InChI is InChI=1S/C16H21N5/c1-9(2)12-8-14(21-16(18)20-12)19-13-7-10-5-3-4-6-11(10)15(13)17/h3-6,8-9,13,15H,7,17H2,1-2H3,(H3,18,19,20,21)/t13-,15-/m0/s1. The second kappa shape index (κ2) is 5.33. The van der Waals surface area contributed by atoms with Gasteiger partial charge in [-0.2, -0.15) is 4.98 Å². The van der Waals surface area contributed by atoms with Crippen molar-refractivity contribution in [3.63, 3.8) is 0 Å². The van der Waals surface area contributed by atoms with Gasteiger partial charge in [0.25, 0.3) is 0 Å². The smallest absolute Gasteiger partial charge is 0.222 e. The Morgan fingerprint density at radius 3 is 2.71 bits per heavy atom. The van der Waals surface area contributed by atoms with Gasteiger partial charge in [-0.15, -0.1) is 0 Å². The molecular formula is C16H21N5. The monoisotopic (exact) mass is 283 g/mol. The zero-order valence-electron chi connectivity index (χ0n) is 12.4. The van der Waals surface area contributed by atoms with E-state index in [9.17, 15) is 0 Å². The summed E-state index contributed by atoms with van der Waals surface area (Å²) in [4.78, 5) is 8.54. The SMILES string of the molecule is CC(C)c1cc(N[C@H]2Cc3ccccc3[C@@H]2N)nc(N)n1. The lowest BCUT2D eigenvalue weighted by molar-refractivity contribution is 0.627. The van der Waals surface area contributed by atoms with Gasteiger partial charge in [0.05, 0.1) is 17.8 Å². The second-order valence-electron chi connectivity index (χ2n) is 5.87. The van der Waals surface area contributed by atoms with E-state index >= 15 is 0 Å². The third-order valence-electron chi connectivity index (χ3n) is 3.98. The van der Waals surface area contributed by atoms with Gasteiger partial charge < -0.3 is 16.8 Å². The minimum absolute atomic E-state index is 0.0279. The van der Waals surface area contributed by atoms with E-state index < -0.39 is 0 Å². The minimum atomic E-state index is -0.0279. The fourth-order valence-electron chi connectivity index (χ4n) is 2.81. The van der Waals surface area contributed by atoms with E-state index in [4.69, 9.17) is 11.5 Å². The average molecular weight is 283 g/mol.